The lowest BCUT2D eigenvalue weighted by molar-refractivity contribution is -0.709. The number of pyridine rings is 1. The zero-order chi connectivity index (χ0) is 19.2. The van der Waals surface area contributed by atoms with Gasteiger partial charge in [-0.05, 0) is 41.6 Å². The molecule has 2 heterocycles. The summed E-state index contributed by atoms with van der Waals surface area (Å²) in [7, 11) is 8.40. The molecule has 4 nitrogen and oxygen atoms in total. The van der Waals surface area contributed by atoms with E-state index in [0.717, 1.165) is 12.3 Å². The maximum absolute atomic E-state index is 2.31. The van der Waals surface area contributed by atoms with Crippen LogP contribution in [0.5, 0.6) is 0 Å². The van der Waals surface area contributed by atoms with Crippen LogP contribution in [0.15, 0.2) is 66.2 Å². The highest BCUT2D eigenvalue weighted by atomic mass is 32.2. The van der Waals surface area contributed by atoms with Crippen molar-refractivity contribution in [2.45, 2.75) is 5.16 Å². The van der Waals surface area contributed by atoms with Crippen molar-refractivity contribution in [1.82, 2.24) is 4.57 Å². The van der Waals surface area contributed by atoms with Crippen molar-refractivity contribution >= 4 is 29.6 Å². The second-order valence-electron chi connectivity index (χ2n) is 6.73. The number of rotatable bonds is 7. The van der Waals surface area contributed by atoms with Crippen molar-refractivity contribution in [3.8, 4) is 0 Å². The Kier molecular flexibility index (Phi) is 6.35. The van der Waals surface area contributed by atoms with Crippen LogP contribution in [0.4, 0.5) is 5.69 Å². The van der Waals surface area contributed by atoms with Crippen LogP contribution in [0, 0.1) is 0 Å². The Balaban J connectivity index is 1.55. The molecule has 0 aliphatic carbocycles. The molecule has 0 saturated carbocycles. The molecule has 0 spiro atoms. The summed E-state index contributed by atoms with van der Waals surface area (Å²) in [6.45, 7) is 1.00. The van der Waals surface area contributed by atoms with Crippen molar-refractivity contribution in [1.29, 1.82) is 0 Å². The minimum absolute atomic E-state index is 1.00. The summed E-state index contributed by atoms with van der Waals surface area (Å²) in [6.07, 6.45) is 10.5. The third-order valence-electron chi connectivity index (χ3n) is 4.65. The van der Waals surface area contributed by atoms with E-state index < -0.39 is 0 Å². The van der Waals surface area contributed by atoms with Gasteiger partial charge in [0.2, 0.25) is 5.69 Å². The Morgan fingerprint density at radius 1 is 1.00 bits per heavy atom. The summed E-state index contributed by atoms with van der Waals surface area (Å²) in [4.78, 5) is 2.31. The fraction of sp³-hybridized carbons (Fsp3) is 0.273. The first-order chi connectivity index (χ1) is 13.0. The molecule has 0 atom stereocenters. The van der Waals surface area contributed by atoms with Gasteiger partial charge < -0.3 is 4.90 Å². The average Bonchev–Trinajstić information content (AvgIpc) is 3.00. The fourth-order valence-corrected chi connectivity index (χ4v) is 3.99. The second-order valence-corrected chi connectivity index (χ2v) is 7.80. The molecular weight excluding hydrogens is 352 g/mol. The fourth-order valence-electron chi connectivity index (χ4n) is 2.91. The number of anilines is 1. The molecule has 0 aliphatic heterocycles. The van der Waals surface area contributed by atoms with Gasteiger partial charge in [0, 0.05) is 43.2 Å². The van der Waals surface area contributed by atoms with Gasteiger partial charge >= 0.3 is 5.16 Å². The predicted octanol–water partition coefficient (Wildman–Crippen LogP) is 3.07. The largest absolute Gasteiger partial charge is 0.374 e. The molecule has 1 aromatic carbocycles. The second kappa shape index (κ2) is 8.91. The molecule has 2 aromatic heterocycles. The Morgan fingerprint density at radius 2 is 1.78 bits per heavy atom. The topological polar surface area (TPSA) is 15.9 Å². The first-order valence-electron chi connectivity index (χ1n) is 9.12. The first kappa shape index (κ1) is 19.2. The molecule has 3 aromatic rings. The number of hydrogen-bond acceptors (Lipinski definition) is 2. The molecule has 0 amide bonds. The van der Waals surface area contributed by atoms with Crippen molar-refractivity contribution in [3.63, 3.8) is 0 Å². The van der Waals surface area contributed by atoms with Gasteiger partial charge in [0.15, 0.2) is 6.20 Å². The molecule has 0 N–H and O–H groups in total. The number of benzene rings is 1. The van der Waals surface area contributed by atoms with Crippen LogP contribution in [-0.4, -0.2) is 23.9 Å². The van der Waals surface area contributed by atoms with Crippen molar-refractivity contribution < 1.29 is 9.13 Å². The van der Waals surface area contributed by atoms with Crippen LogP contribution in [0.1, 0.15) is 11.3 Å². The standard InChI is InChI=1S/C22H28N4S/c1-23-14-6-5-7-20(23)11-8-19-9-12-21(13-10-19)24(2)17-18-27-22-25(3)15-16-26(22)4/h5-16H,17-18H2,1-4H3/q+2. The molecule has 27 heavy (non-hydrogen) atoms. The molecule has 0 radical (unpaired) electrons. The Labute approximate surface area is 166 Å². The molecule has 0 aliphatic rings. The molecular formula is C22H28N4S+2. The zero-order valence-electron chi connectivity index (χ0n) is 16.5. The molecule has 0 unspecified atom stereocenters. The van der Waals surface area contributed by atoms with Gasteiger partial charge in [-0.3, -0.25) is 0 Å². The van der Waals surface area contributed by atoms with Gasteiger partial charge in [0.05, 0.1) is 14.1 Å². The van der Waals surface area contributed by atoms with Gasteiger partial charge in [0.25, 0.3) is 0 Å². The minimum Gasteiger partial charge on any atom is -0.374 e. The Bertz CT molecular complexity index is 893. The molecule has 0 fully saturated rings. The highest BCUT2D eigenvalue weighted by Crippen LogP contribution is 2.18. The van der Waals surface area contributed by atoms with Crippen molar-refractivity contribution in [3.05, 3.63) is 72.3 Å². The Hall–Kier alpha value is -2.53. The van der Waals surface area contributed by atoms with Gasteiger partial charge in [-0.15, -0.1) is 0 Å². The van der Waals surface area contributed by atoms with E-state index in [1.54, 1.807) is 0 Å². The summed E-state index contributed by atoms with van der Waals surface area (Å²) in [5, 5.41) is 1.28. The van der Waals surface area contributed by atoms with Gasteiger partial charge in [-0.25, -0.2) is 13.7 Å². The lowest BCUT2D eigenvalue weighted by Gasteiger charge is -2.18. The lowest BCUT2D eigenvalue weighted by Crippen LogP contribution is -2.30. The smallest absolute Gasteiger partial charge is 0.317 e. The van der Waals surface area contributed by atoms with Crippen LogP contribution in [0.25, 0.3) is 12.2 Å². The lowest BCUT2D eigenvalue weighted by atomic mass is 10.1. The summed E-state index contributed by atoms with van der Waals surface area (Å²) in [5.41, 5.74) is 3.64. The van der Waals surface area contributed by atoms with E-state index in [1.165, 1.54) is 22.1 Å². The number of thioether (sulfide) groups is 1. The number of aromatic nitrogens is 3. The van der Waals surface area contributed by atoms with E-state index in [0.29, 0.717) is 0 Å². The van der Waals surface area contributed by atoms with Crippen LogP contribution >= 0.6 is 11.8 Å². The van der Waals surface area contributed by atoms with Gasteiger partial charge in [0.1, 0.15) is 19.4 Å². The highest BCUT2D eigenvalue weighted by Gasteiger charge is 2.12. The van der Waals surface area contributed by atoms with Gasteiger partial charge in [-0.2, -0.15) is 0 Å². The van der Waals surface area contributed by atoms with Crippen molar-refractivity contribution in [2.75, 3.05) is 24.2 Å². The normalized spacial score (nSPS) is 11.3. The number of aryl methyl sites for hydroxylation is 3. The van der Waals surface area contributed by atoms with E-state index in [2.05, 4.69) is 114 Å². The summed E-state index contributed by atoms with van der Waals surface area (Å²) in [5.74, 6) is 1.05. The number of hydrogen-bond donors (Lipinski definition) is 0. The highest BCUT2D eigenvalue weighted by molar-refractivity contribution is 7.99. The monoisotopic (exact) mass is 380 g/mol. The zero-order valence-corrected chi connectivity index (χ0v) is 17.4. The summed E-state index contributed by atoms with van der Waals surface area (Å²) in [6, 6.07) is 15.0. The predicted molar refractivity (Wildman–Crippen MR) is 114 cm³/mol. The Morgan fingerprint density at radius 3 is 2.44 bits per heavy atom. The van der Waals surface area contributed by atoms with Crippen LogP contribution in [0.2, 0.25) is 0 Å². The van der Waals surface area contributed by atoms with Gasteiger partial charge in [-0.1, -0.05) is 12.1 Å². The molecule has 0 bridgehead atoms. The third-order valence-corrected chi connectivity index (χ3v) is 5.87. The average molecular weight is 381 g/mol. The number of imidazole rings is 1. The van der Waals surface area contributed by atoms with E-state index in [9.17, 15) is 0 Å². The van der Waals surface area contributed by atoms with E-state index in [-0.39, 0.29) is 0 Å². The van der Waals surface area contributed by atoms with Crippen LogP contribution in [-0.2, 0) is 21.1 Å². The first-order valence-corrected chi connectivity index (χ1v) is 10.1. The van der Waals surface area contributed by atoms with E-state index in [1.807, 2.05) is 17.8 Å². The van der Waals surface area contributed by atoms with Crippen LogP contribution in [0.3, 0.4) is 0 Å². The molecule has 3 rings (SSSR count). The minimum atomic E-state index is 1.00. The van der Waals surface area contributed by atoms with E-state index in [4.69, 9.17) is 0 Å². The maximum atomic E-state index is 2.31. The molecule has 5 heteroatoms. The number of nitrogens with zero attached hydrogens (tertiary/aromatic N) is 4. The SMILES string of the molecule is CN(CCSc1n(C)cc[n+]1C)c1ccc(/C=C/c2cccc[n+]2C)cc1. The molecule has 0 saturated heterocycles. The van der Waals surface area contributed by atoms with Crippen molar-refractivity contribution in [2.24, 2.45) is 21.1 Å². The molecule has 140 valence electrons. The quantitative estimate of drug-likeness (QED) is 0.463. The third kappa shape index (κ3) is 5.01. The summed E-state index contributed by atoms with van der Waals surface area (Å²) < 4.78 is 6.44. The van der Waals surface area contributed by atoms with Crippen LogP contribution < -0.4 is 14.0 Å². The maximum Gasteiger partial charge on any atom is 0.317 e. The van der Waals surface area contributed by atoms with E-state index >= 15 is 0 Å². The summed E-state index contributed by atoms with van der Waals surface area (Å²) >= 11 is 1.88.